The average molecular weight is 480 g/mol. The molecule has 0 unspecified atom stereocenters. The average Bonchev–Trinajstić information content (AvgIpc) is 2.78. The van der Waals surface area contributed by atoms with Gasteiger partial charge in [-0.2, -0.15) is 0 Å². The molecular formula is C32H49NO2. The zero-order chi connectivity index (χ0) is 25.3. The van der Waals surface area contributed by atoms with Gasteiger partial charge in [0.25, 0.3) is 0 Å². The lowest BCUT2D eigenvalue weighted by Crippen LogP contribution is -2.41. The molecule has 1 fully saturated rings. The molecule has 1 aliphatic carbocycles. The summed E-state index contributed by atoms with van der Waals surface area (Å²) in [5.74, 6) is 1.93. The predicted molar refractivity (Wildman–Crippen MR) is 149 cm³/mol. The molecule has 0 heterocycles. The summed E-state index contributed by atoms with van der Waals surface area (Å²) in [6, 6.07) is 17.9. The fourth-order valence-electron chi connectivity index (χ4n) is 4.94. The van der Waals surface area contributed by atoms with Crippen LogP contribution in [0.2, 0.25) is 0 Å². The summed E-state index contributed by atoms with van der Waals surface area (Å²) in [5, 5.41) is 0. The smallest absolute Gasteiger partial charge is 0.119 e. The Morgan fingerprint density at radius 3 is 1.34 bits per heavy atom. The number of hydrogen-bond acceptors (Lipinski definition) is 3. The number of rotatable bonds is 9. The molecule has 3 heteroatoms. The third kappa shape index (κ3) is 9.18. The van der Waals surface area contributed by atoms with E-state index in [1.165, 1.54) is 56.1 Å². The van der Waals surface area contributed by atoms with E-state index in [1.54, 1.807) is 0 Å². The third-order valence-electron chi connectivity index (χ3n) is 7.33. The second-order valence-corrected chi connectivity index (χ2v) is 12.3. The van der Waals surface area contributed by atoms with Gasteiger partial charge >= 0.3 is 0 Å². The number of benzene rings is 2. The molecule has 0 bridgehead atoms. The molecule has 0 amide bonds. The normalized spacial score (nSPS) is 16.1. The lowest BCUT2D eigenvalue weighted by atomic mass is 9.87. The molecule has 1 saturated carbocycles. The van der Waals surface area contributed by atoms with Crippen LogP contribution in [0, 0.1) is 0 Å². The highest BCUT2D eigenvalue weighted by Crippen LogP contribution is 2.26. The molecule has 194 valence electrons. The van der Waals surface area contributed by atoms with Crippen LogP contribution in [0.1, 0.15) is 97.6 Å². The van der Waals surface area contributed by atoms with E-state index in [-0.39, 0.29) is 10.8 Å². The maximum Gasteiger partial charge on any atom is 0.119 e. The summed E-state index contributed by atoms with van der Waals surface area (Å²) in [4.78, 5) is 2.62. The van der Waals surface area contributed by atoms with Crippen LogP contribution in [-0.4, -0.2) is 37.2 Å². The highest BCUT2D eigenvalue weighted by atomic mass is 16.5. The van der Waals surface area contributed by atoms with Crippen molar-refractivity contribution in [3.8, 4) is 11.5 Å². The molecule has 0 N–H and O–H groups in total. The number of hydrogen-bond donors (Lipinski definition) is 0. The first-order chi connectivity index (χ1) is 16.6. The van der Waals surface area contributed by atoms with Crippen LogP contribution in [0.3, 0.4) is 0 Å². The maximum atomic E-state index is 6.18. The number of nitrogens with zero attached hydrogens (tertiary/aromatic N) is 1. The van der Waals surface area contributed by atoms with Crippen LogP contribution in [0.4, 0.5) is 0 Å². The van der Waals surface area contributed by atoms with E-state index in [2.05, 4.69) is 95.0 Å². The highest BCUT2D eigenvalue weighted by Gasteiger charge is 2.20. The SMILES string of the molecule is CC(C)(C)c1ccc(OCCN(CCOc2ccc(C(C)(C)C)cc2)C2CCCCCCC2)cc1. The minimum atomic E-state index is 0.167. The molecule has 2 aromatic carbocycles. The van der Waals surface area contributed by atoms with E-state index in [4.69, 9.17) is 9.47 Å². The van der Waals surface area contributed by atoms with Gasteiger partial charge in [-0.25, -0.2) is 0 Å². The van der Waals surface area contributed by atoms with E-state index < -0.39 is 0 Å². The molecule has 1 aliphatic rings. The zero-order valence-electron chi connectivity index (χ0n) is 23.2. The van der Waals surface area contributed by atoms with Crippen molar-refractivity contribution in [2.24, 2.45) is 0 Å². The van der Waals surface area contributed by atoms with E-state index >= 15 is 0 Å². The predicted octanol–water partition coefficient (Wildman–Crippen LogP) is 8.15. The van der Waals surface area contributed by atoms with Gasteiger partial charge in [-0.3, -0.25) is 4.90 Å². The van der Waals surface area contributed by atoms with Gasteiger partial charge in [-0.1, -0.05) is 97.9 Å². The Bertz CT molecular complexity index is 787. The molecule has 0 aliphatic heterocycles. The first-order valence-corrected chi connectivity index (χ1v) is 13.8. The Hall–Kier alpha value is -2.00. The van der Waals surface area contributed by atoms with Crippen molar-refractivity contribution in [3.05, 3.63) is 59.7 Å². The van der Waals surface area contributed by atoms with Crippen LogP contribution in [-0.2, 0) is 10.8 Å². The van der Waals surface area contributed by atoms with Crippen molar-refractivity contribution in [2.45, 2.75) is 103 Å². The van der Waals surface area contributed by atoms with Gasteiger partial charge in [0.2, 0.25) is 0 Å². The lowest BCUT2D eigenvalue weighted by Gasteiger charge is -2.33. The van der Waals surface area contributed by atoms with Crippen LogP contribution in [0.5, 0.6) is 11.5 Å². The van der Waals surface area contributed by atoms with Crippen molar-refractivity contribution in [2.75, 3.05) is 26.3 Å². The summed E-state index contributed by atoms with van der Waals surface area (Å²) < 4.78 is 12.4. The fourth-order valence-corrected chi connectivity index (χ4v) is 4.94. The van der Waals surface area contributed by atoms with Gasteiger partial charge in [-0.05, 0) is 59.1 Å². The Morgan fingerprint density at radius 1 is 0.600 bits per heavy atom. The Balaban J connectivity index is 1.55. The second-order valence-electron chi connectivity index (χ2n) is 12.3. The molecular weight excluding hydrogens is 430 g/mol. The highest BCUT2D eigenvalue weighted by molar-refractivity contribution is 5.32. The standard InChI is InChI=1S/C32H49NO2/c1-31(2,3)26-14-18-29(19-15-26)34-24-22-33(28-12-10-8-7-9-11-13-28)23-25-35-30-20-16-27(17-21-30)32(4,5)6/h14-21,28H,7-13,22-25H2,1-6H3. The molecule has 0 atom stereocenters. The van der Waals surface area contributed by atoms with E-state index in [0.29, 0.717) is 19.3 Å². The zero-order valence-corrected chi connectivity index (χ0v) is 23.2. The van der Waals surface area contributed by atoms with Gasteiger partial charge in [-0.15, -0.1) is 0 Å². The molecule has 35 heavy (non-hydrogen) atoms. The Morgan fingerprint density at radius 2 is 0.971 bits per heavy atom. The van der Waals surface area contributed by atoms with Gasteiger partial charge in [0, 0.05) is 19.1 Å². The summed E-state index contributed by atoms with van der Waals surface area (Å²) in [6.45, 7) is 16.8. The van der Waals surface area contributed by atoms with Gasteiger partial charge in [0.15, 0.2) is 0 Å². The van der Waals surface area contributed by atoms with E-state index in [0.717, 1.165) is 24.6 Å². The first kappa shape index (κ1) is 27.6. The minimum absolute atomic E-state index is 0.167. The Labute approximate surface area is 215 Å². The van der Waals surface area contributed by atoms with Crippen molar-refractivity contribution in [3.63, 3.8) is 0 Å². The maximum absolute atomic E-state index is 6.18. The number of ether oxygens (including phenoxy) is 2. The van der Waals surface area contributed by atoms with Crippen molar-refractivity contribution in [1.29, 1.82) is 0 Å². The quantitative estimate of drug-likeness (QED) is 0.362. The monoisotopic (exact) mass is 479 g/mol. The van der Waals surface area contributed by atoms with E-state index in [9.17, 15) is 0 Å². The molecule has 2 aromatic rings. The molecule has 0 radical (unpaired) electrons. The van der Waals surface area contributed by atoms with Gasteiger partial charge in [0.1, 0.15) is 24.7 Å². The summed E-state index contributed by atoms with van der Waals surface area (Å²) >= 11 is 0. The molecule has 0 aromatic heterocycles. The molecule has 3 nitrogen and oxygen atoms in total. The van der Waals surface area contributed by atoms with Crippen molar-refractivity contribution in [1.82, 2.24) is 4.90 Å². The first-order valence-electron chi connectivity index (χ1n) is 13.8. The van der Waals surface area contributed by atoms with Crippen LogP contribution in [0.25, 0.3) is 0 Å². The van der Waals surface area contributed by atoms with Gasteiger partial charge in [0.05, 0.1) is 0 Å². The van der Waals surface area contributed by atoms with Crippen LogP contribution in [0.15, 0.2) is 48.5 Å². The lowest BCUT2D eigenvalue weighted by molar-refractivity contribution is 0.117. The second kappa shape index (κ2) is 12.8. The van der Waals surface area contributed by atoms with Gasteiger partial charge < -0.3 is 9.47 Å². The fraction of sp³-hybridized carbons (Fsp3) is 0.625. The minimum Gasteiger partial charge on any atom is -0.492 e. The van der Waals surface area contributed by atoms with Crippen molar-refractivity contribution < 1.29 is 9.47 Å². The topological polar surface area (TPSA) is 21.7 Å². The third-order valence-corrected chi connectivity index (χ3v) is 7.33. The van der Waals surface area contributed by atoms with Crippen LogP contribution < -0.4 is 9.47 Å². The van der Waals surface area contributed by atoms with Crippen molar-refractivity contribution >= 4 is 0 Å². The molecule has 0 saturated heterocycles. The van der Waals surface area contributed by atoms with E-state index in [1.807, 2.05) is 0 Å². The summed E-state index contributed by atoms with van der Waals surface area (Å²) in [5.41, 5.74) is 3.02. The summed E-state index contributed by atoms with van der Waals surface area (Å²) in [7, 11) is 0. The Kier molecular flexibility index (Phi) is 10.1. The molecule has 3 rings (SSSR count). The molecule has 0 spiro atoms. The van der Waals surface area contributed by atoms with Crippen LogP contribution >= 0.6 is 0 Å². The largest absolute Gasteiger partial charge is 0.492 e. The summed E-state index contributed by atoms with van der Waals surface area (Å²) in [6.07, 6.45) is 9.40.